The molecular formula is C10H21NO. The van der Waals surface area contributed by atoms with Crippen molar-refractivity contribution in [1.82, 2.24) is 5.32 Å². The Labute approximate surface area is 75.4 Å². The van der Waals surface area contributed by atoms with Gasteiger partial charge in [0.2, 0.25) is 0 Å². The molecule has 0 radical (unpaired) electrons. The van der Waals surface area contributed by atoms with E-state index < -0.39 is 0 Å². The van der Waals surface area contributed by atoms with Crippen LogP contribution in [0.4, 0.5) is 0 Å². The van der Waals surface area contributed by atoms with Gasteiger partial charge in [-0.25, -0.2) is 0 Å². The first-order valence-corrected chi connectivity index (χ1v) is 5.11. The first-order chi connectivity index (χ1) is 5.70. The van der Waals surface area contributed by atoms with Crippen molar-refractivity contribution in [2.24, 2.45) is 5.92 Å². The quantitative estimate of drug-likeness (QED) is 0.657. The Hall–Kier alpha value is -0.0800. The molecule has 1 aliphatic rings. The van der Waals surface area contributed by atoms with Crippen LogP contribution in [0, 0.1) is 5.92 Å². The summed E-state index contributed by atoms with van der Waals surface area (Å²) in [7, 11) is 0. The average molecular weight is 171 g/mol. The molecule has 0 bridgehead atoms. The molecule has 0 amide bonds. The number of aliphatic hydroxyl groups excluding tert-OH is 1. The highest BCUT2D eigenvalue weighted by atomic mass is 16.3. The molecular weight excluding hydrogens is 150 g/mol. The maximum atomic E-state index is 9.04. The van der Waals surface area contributed by atoms with Gasteiger partial charge in [-0.2, -0.15) is 0 Å². The summed E-state index contributed by atoms with van der Waals surface area (Å²) in [6.45, 7) is 5.05. The topological polar surface area (TPSA) is 32.3 Å². The molecule has 2 atom stereocenters. The van der Waals surface area contributed by atoms with Crippen molar-refractivity contribution in [3.05, 3.63) is 0 Å². The third-order valence-corrected chi connectivity index (χ3v) is 2.89. The van der Waals surface area contributed by atoms with E-state index in [0.717, 1.165) is 18.9 Å². The van der Waals surface area contributed by atoms with Gasteiger partial charge in [-0.05, 0) is 45.6 Å². The fourth-order valence-corrected chi connectivity index (χ4v) is 1.63. The molecule has 2 N–H and O–H groups in total. The number of aliphatic hydroxyl groups is 1. The Balaban J connectivity index is 1.98. The van der Waals surface area contributed by atoms with Crippen LogP contribution in [0.3, 0.4) is 0 Å². The first kappa shape index (κ1) is 10.0. The monoisotopic (exact) mass is 171 g/mol. The molecule has 0 spiro atoms. The van der Waals surface area contributed by atoms with Crippen molar-refractivity contribution in [2.45, 2.75) is 51.7 Å². The summed E-state index contributed by atoms with van der Waals surface area (Å²) in [6, 6.07) is 0.650. The largest absolute Gasteiger partial charge is 0.393 e. The maximum Gasteiger partial charge on any atom is 0.0524 e. The van der Waals surface area contributed by atoms with Gasteiger partial charge < -0.3 is 10.4 Å². The van der Waals surface area contributed by atoms with E-state index in [4.69, 9.17) is 5.11 Å². The Morgan fingerprint density at radius 2 is 2.08 bits per heavy atom. The Kier molecular flexibility index (Phi) is 4.02. The van der Waals surface area contributed by atoms with Gasteiger partial charge in [-0.1, -0.05) is 6.42 Å². The SMILES string of the molecule is CC(O)CCNC(C)C1CCC1. The highest BCUT2D eigenvalue weighted by molar-refractivity contribution is 4.79. The molecule has 0 heterocycles. The molecule has 0 aromatic carbocycles. The molecule has 0 aromatic rings. The lowest BCUT2D eigenvalue weighted by Gasteiger charge is -2.32. The van der Waals surface area contributed by atoms with E-state index in [2.05, 4.69) is 12.2 Å². The van der Waals surface area contributed by atoms with Crippen LogP contribution in [0.1, 0.15) is 39.5 Å². The second-order valence-corrected chi connectivity index (χ2v) is 4.07. The van der Waals surface area contributed by atoms with Gasteiger partial charge in [-0.3, -0.25) is 0 Å². The van der Waals surface area contributed by atoms with E-state index in [1.54, 1.807) is 0 Å². The number of hydrogen-bond acceptors (Lipinski definition) is 2. The first-order valence-electron chi connectivity index (χ1n) is 5.11. The van der Waals surface area contributed by atoms with Crippen molar-refractivity contribution < 1.29 is 5.11 Å². The van der Waals surface area contributed by atoms with Crippen LogP contribution in [0.5, 0.6) is 0 Å². The molecule has 2 unspecified atom stereocenters. The second kappa shape index (κ2) is 4.83. The van der Waals surface area contributed by atoms with Gasteiger partial charge in [0.25, 0.3) is 0 Å². The summed E-state index contributed by atoms with van der Waals surface area (Å²) < 4.78 is 0. The molecule has 1 rings (SSSR count). The molecule has 12 heavy (non-hydrogen) atoms. The molecule has 0 aliphatic heterocycles. The minimum Gasteiger partial charge on any atom is -0.393 e. The van der Waals surface area contributed by atoms with E-state index in [1.165, 1.54) is 19.3 Å². The molecule has 2 nitrogen and oxygen atoms in total. The van der Waals surface area contributed by atoms with E-state index in [9.17, 15) is 0 Å². The number of nitrogens with one attached hydrogen (secondary N) is 1. The van der Waals surface area contributed by atoms with Crippen molar-refractivity contribution in [1.29, 1.82) is 0 Å². The third kappa shape index (κ3) is 3.11. The van der Waals surface area contributed by atoms with Crippen LogP contribution in [0.15, 0.2) is 0 Å². The van der Waals surface area contributed by atoms with E-state index >= 15 is 0 Å². The van der Waals surface area contributed by atoms with Gasteiger partial charge in [-0.15, -0.1) is 0 Å². The summed E-state index contributed by atoms with van der Waals surface area (Å²) >= 11 is 0. The van der Waals surface area contributed by atoms with Crippen LogP contribution in [0.25, 0.3) is 0 Å². The summed E-state index contributed by atoms with van der Waals surface area (Å²) in [5, 5.41) is 12.5. The smallest absolute Gasteiger partial charge is 0.0524 e. The summed E-state index contributed by atoms with van der Waals surface area (Å²) in [4.78, 5) is 0. The van der Waals surface area contributed by atoms with E-state index in [0.29, 0.717) is 6.04 Å². The van der Waals surface area contributed by atoms with Gasteiger partial charge in [0.15, 0.2) is 0 Å². The van der Waals surface area contributed by atoms with Gasteiger partial charge in [0.05, 0.1) is 6.10 Å². The maximum absolute atomic E-state index is 9.04. The molecule has 1 aliphatic carbocycles. The van der Waals surface area contributed by atoms with Gasteiger partial charge in [0, 0.05) is 6.04 Å². The third-order valence-electron chi connectivity index (χ3n) is 2.89. The minimum atomic E-state index is -0.161. The number of hydrogen-bond donors (Lipinski definition) is 2. The summed E-state index contributed by atoms with van der Waals surface area (Å²) in [6.07, 6.45) is 4.90. The molecule has 0 aromatic heterocycles. The fourth-order valence-electron chi connectivity index (χ4n) is 1.63. The second-order valence-electron chi connectivity index (χ2n) is 4.07. The standard InChI is InChI=1S/C10H21NO/c1-8(12)6-7-11-9(2)10-4-3-5-10/h8-12H,3-7H2,1-2H3. The fraction of sp³-hybridized carbons (Fsp3) is 1.00. The average Bonchev–Trinajstić information content (AvgIpc) is 1.81. The molecule has 72 valence electrons. The van der Waals surface area contributed by atoms with Crippen molar-refractivity contribution in [2.75, 3.05) is 6.54 Å². The number of rotatable bonds is 5. The minimum absolute atomic E-state index is 0.161. The Morgan fingerprint density at radius 3 is 2.50 bits per heavy atom. The molecule has 2 heteroatoms. The van der Waals surface area contributed by atoms with Crippen LogP contribution in [-0.2, 0) is 0 Å². The molecule has 1 saturated carbocycles. The summed E-state index contributed by atoms with van der Waals surface area (Å²) in [5.74, 6) is 0.902. The lowest BCUT2D eigenvalue weighted by Crippen LogP contribution is -2.38. The van der Waals surface area contributed by atoms with Crippen LogP contribution in [-0.4, -0.2) is 23.8 Å². The van der Waals surface area contributed by atoms with Crippen molar-refractivity contribution >= 4 is 0 Å². The predicted molar refractivity (Wildman–Crippen MR) is 51.1 cm³/mol. The zero-order valence-corrected chi connectivity index (χ0v) is 8.21. The molecule has 0 saturated heterocycles. The predicted octanol–water partition coefficient (Wildman–Crippen LogP) is 1.54. The van der Waals surface area contributed by atoms with Gasteiger partial charge in [0.1, 0.15) is 0 Å². The normalized spacial score (nSPS) is 23.2. The van der Waals surface area contributed by atoms with Crippen molar-refractivity contribution in [3.63, 3.8) is 0 Å². The van der Waals surface area contributed by atoms with Crippen LogP contribution >= 0.6 is 0 Å². The van der Waals surface area contributed by atoms with E-state index in [-0.39, 0.29) is 6.10 Å². The highest BCUT2D eigenvalue weighted by Crippen LogP contribution is 2.29. The lowest BCUT2D eigenvalue weighted by molar-refractivity contribution is 0.175. The molecule has 1 fully saturated rings. The van der Waals surface area contributed by atoms with Crippen molar-refractivity contribution in [3.8, 4) is 0 Å². The zero-order valence-electron chi connectivity index (χ0n) is 8.21. The van der Waals surface area contributed by atoms with Gasteiger partial charge >= 0.3 is 0 Å². The van der Waals surface area contributed by atoms with Crippen LogP contribution < -0.4 is 5.32 Å². The highest BCUT2D eigenvalue weighted by Gasteiger charge is 2.22. The zero-order chi connectivity index (χ0) is 8.97. The summed E-state index contributed by atoms with van der Waals surface area (Å²) in [5.41, 5.74) is 0. The Bertz CT molecular complexity index is 121. The lowest BCUT2D eigenvalue weighted by atomic mass is 9.80. The Morgan fingerprint density at radius 1 is 1.42 bits per heavy atom. The van der Waals surface area contributed by atoms with Crippen LogP contribution in [0.2, 0.25) is 0 Å². The van der Waals surface area contributed by atoms with E-state index in [1.807, 2.05) is 6.92 Å².